The van der Waals surface area contributed by atoms with Crippen LogP contribution in [0.15, 0.2) is 35.8 Å². The molecule has 0 unspecified atom stereocenters. The summed E-state index contributed by atoms with van der Waals surface area (Å²) in [5.41, 5.74) is 0.709. The monoisotopic (exact) mass is 450 g/mol. The second-order valence-electron chi connectivity index (χ2n) is 6.79. The summed E-state index contributed by atoms with van der Waals surface area (Å²) in [6, 6.07) is 3.48. The Kier molecular flexibility index (Phi) is 7.18. The maximum absolute atomic E-state index is 12.7. The van der Waals surface area contributed by atoms with E-state index in [4.69, 9.17) is 14.2 Å². The maximum atomic E-state index is 12.7. The third-order valence-electron chi connectivity index (χ3n) is 4.96. The average molecular weight is 451 g/mol. The van der Waals surface area contributed by atoms with Gasteiger partial charge in [-0.05, 0) is 30.2 Å². The molecule has 1 saturated heterocycles. The van der Waals surface area contributed by atoms with Crippen molar-refractivity contribution >= 4 is 22.0 Å². The van der Waals surface area contributed by atoms with Crippen LogP contribution in [0, 0.1) is 0 Å². The number of hydrogen-bond donors (Lipinski definition) is 1. The van der Waals surface area contributed by atoms with Gasteiger partial charge in [0.05, 0.1) is 33.9 Å². The first-order valence-electron chi connectivity index (χ1n) is 9.66. The fourth-order valence-electron chi connectivity index (χ4n) is 3.35. The van der Waals surface area contributed by atoms with E-state index in [1.54, 1.807) is 23.1 Å². The zero-order chi connectivity index (χ0) is 22.4. The second-order valence-corrected chi connectivity index (χ2v) is 8.70. The summed E-state index contributed by atoms with van der Waals surface area (Å²) in [6.07, 6.45) is 6.27. The fraction of sp³-hybridized carbons (Fsp3) is 0.400. The Labute approximate surface area is 181 Å². The molecule has 0 aliphatic carbocycles. The summed E-state index contributed by atoms with van der Waals surface area (Å²) in [5, 5.41) is 0.0505. The smallest absolute Gasteiger partial charge is 0.260 e. The van der Waals surface area contributed by atoms with Crippen molar-refractivity contribution in [3.05, 3.63) is 36.3 Å². The molecule has 31 heavy (non-hydrogen) atoms. The summed E-state index contributed by atoms with van der Waals surface area (Å²) in [6.45, 7) is 1.31. The molecule has 168 valence electrons. The minimum absolute atomic E-state index is 0.0505. The lowest BCUT2D eigenvalue weighted by Crippen LogP contribution is -2.36. The van der Waals surface area contributed by atoms with Gasteiger partial charge in [0.15, 0.2) is 16.5 Å². The lowest BCUT2D eigenvalue weighted by Gasteiger charge is -2.20. The van der Waals surface area contributed by atoms with Crippen molar-refractivity contribution in [2.45, 2.75) is 11.4 Å². The predicted molar refractivity (Wildman–Crippen MR) is 114 cm³/mol. The number of aromatic amines is 1. The van der Waals surface area contributed by atoms with Crippen molar-refractivity contribution in [1.29, 1.82) is 0 Å². The maximum Gasteiger partial charge on any atom is 0.260 e. The molecule has 1 aliphatic rings. The van der Waals surface area contributed by atoms with Crippen molar-refractivity contribution < 1.29 is 27.4 Å². The molecule has 0 atom stereocenters. The van der Waals surface area contributed by atoms with Crippen molar-refractivity contribution in [2.75, 3.05) is 47.5 Å². The van der Waals surface area contributed by atoms with Gasteiger partial charge < -0.3 is 24.1 Å². The van der Waals surface area contributed by atoms with Crippen LogP contribution in [0.5, 0.6) is 17.2 Å². The van der Waals surface area contributed by atoms with Crippen molar-refractivity contribution in [2.24, 2.45) is 0 Å². The van der Waals surface area contributed by atoms with E-state index in [2.05, 4.69) is 9.97 Å². The van der Waals surface area contributed by atoms with Crippen LogP contribution in [0.4, 0.5) is 0 Å². The molecule has 0 bridgehead atoms. The highest BCUT2D eigenvalue weighted by Gasteiger charge is 2.28. The first-order valence-corrected chi connectivity index (χ1v) is 11.1. The van der Waals surface area contributed by atoms with E-state index in [9.17, 15) is 13.2 Å². The number of benzene rings is 1. The van der Waals surface area contributed by atoms with E-state index in [0.717, 1.165) is 0 Å². The number of H-pyrrole nitrogens is 1. The molecule has 1 aromatic carbocycles. The number of carbonyl (C=O) groups excluding carboxylic acids is 1. The Hall–Kier alpha value is -3.05. The van der Waals surface area contributed by atoms with Crippen LogP contribution in [0.3, 0.4) is 0 Å². The number of nitrogens with one attached hydrogen (secondary N) is 1. The summed E-state index contributed by atoms with van der Waals surface area (Å²) in [7, 11) is 0.922. The predicted octanol–water partition coefficient (Wildman–Crippen LogP) is 1.37. The molecule has 10 nitrogen and oxygen atoms in total. The largest absolute Gasteiger partial charge is 0.493 e. The average Bonchev–Trinajstić information content (AvgIpc) is 3.21. The van der Waals surface area contributed by atoms with E-state index in [1.807, 2.05) is 0 Å². The Morgan fingerprint density at radius 1 is 1.06 bits per heavy atom. The topological polar surface area (TPSA) is 114 Å². The summed E-state index contributed by atoms with van der Waals surface area (Å²) in [4.78, 5) is 20.8. The van der Waals surface area contributed by atoms with Gasteiger partial charge in [0, 0.05) is 32.3 Å². The minimum atomic E-state index is -3.65. The Morgan fingerprint density at radius 2 is 1.77 bits per heavy atom. The molecule has 2 heterocycles. The number of carbonyl (C=O) groups is 1. The van der Waals surface area contributed by atoms with Gasteiger partial charge in [-0.1, -0.05) is 0 Å². The van der Waals surface area contributed by atoms with Crippen molar-refractivity contribution in [3.8, 4) is 17.2 Å². The minimum Gasteiger partial charge on any atom is -0.493 e. The highest BCUT2D eigenvalue weighted by Crippen LogP contribution is 2.38. The number of aromatic nitrogens is 2. The molecule has 11 heteroatoms. The number of ether oxygens (including phenoxy) is 3. The normalized spacial score (nSPS) is 15.6. The molecule has 2 aromatic rings. The van der Waals surface area contributed by atoms with Gasteiger partial charge in [0.1, 0.15) is 0 Å². The Bertz CT molecular complexity index is 1010. The molecule has 1 aromatic heterocycles. The number of imidazole rings is 1. The van der Waals surface area contributed by atoms with Gasteiger partial charge in [-0.3, -0.25) is 4.79 Å². The van der Waals surface area contributed by atoms with Gasteiger partial charge in [-0.15, -0.1) is 0 Å². The second kappa shape index (κ2) is 9.84. The summed E-state index contributed by atoms with van der Waals surface area (Å²) < 4.78 is 42.7. The number of methoxy groups -OCH3 is 3. The Balaban J connectivity index is 1.69. The van der Waals surface area contributed by atoms with Crippen LogP contribution in [-0.2, 0) is 14.8 Å². The van der Waals surface area contributed by atoms with E-state index >= 15 is 0 Å². The van der Waals surface area contributed by atoms with E-state index in [0.29, 0.717) is 48.9 Å². The Morgan fingerprint density at radius 3 is 2.35 bits per heavy atom. The molecule has 0 radical (unpaired) electrons. The zero-order valence-corrected chi connectivity index (χ0v) is 18.5. The van der Waals surface area contributed by atoms with Crippen LogP contribution >= 0.6 is 0 Å². The highest BCUT2D eigenvalue weighted by molar-refractivity contribution is 7.89. The molecule has 1 N–H and O–H groups in total. The van der Waals surface area contributed by atoms with E-state index in [-0.39, 0.29) is 17.5 Å². The standard InChI is InChI=1S/C20H26N4O6S/c1-28-16-11-15(12-17(29-2)20(16)30-3)5-6-19(25)23-7-4-8-24(10-9-23)31(26,27)18-13-21-14-22-18/h5-6,11-14H,4,7-10H2,1-3H3,(H,21,22)/b6-5+. The van der Waals surface area contributed by atoms with Crippen molar-refractivity contribution in [1.82, 2.24) is 19.2 Å². The number of amides is 1. The van der Waals surface area contributed by atoms with Gasteiger partial charge in [0.2, 0.25) is 11.7 Å². The van der Waals surface area contributed by atoms with Crippen LogP contribution in [-0.4, -0.2) is 81.0 Å². The third kappa shape index (κ3) is 5.00. The zero-order valence-electron chi connectivity index (χ0n) is 17.7. The first kappa shape index (κ1) is 22.6. The molecule has 0 spiro atoms. The van der Waals surface area contributed by atoms with Crippen LogP contribution in [0.25, 0.3) is 6.08 Å². The van der Waals surface area contributed by atoms with Crippen LogP contribution in [0.2, 0.25) is 0 Å². The van der Waals surface area contributed by atoms with E-state index in [1.165, 1.54) is 44.2 Å². The van der Waals surface area contributed by atoms with Gasteiger partial charge in [-0.2, -0.15) is 4.31 Å². The quantitative estimate of drug-likeness (QED) is 0.634. The first-order chi connectivity index (χ1) is 14.9. The SMILES string of the molecule is COc1cc(/C=C/C(=O)N2CCCN(S(=O)(=O)c3cnc[nH]3)CC2)cc(OC)c1OC. The molecule has 0 saturated carbocycles. The molecule has 1 aliphatic heterocycles. The number of nitrogens with zero attached hydrogens (tertiary/aromatic N) is 3. The number of rotatable bonds is 7. The highest BCUT2D eigenvalue weighted by atomic mass is 32.2. The number of hydrogen-bond acceptors (Lipinski definition) is 7. The summed E-state index contributed by atoms with van der Waals surface area (Å²) in [5.74, 6) is 1.25. The van der Waals surface area contributed by atoms with Gasteiger partial charge in [-0.25, -0.2) is 13.4 Å². The van der Waals surface area contributed by atoms with Crippen molar-refractivity contribution in [3.63, 3.8) is 0 Å². The molecular formula is C20H26N4O6S. The van der Waals surface area contributed by atoms with Crippen LogP contribution < -0.4 is 14.2 Å². The van der Waals surface area contributed by atoms with E-state index < -0.39 is 10.0 Å². The lowest BCUT2D eigenvalue weighted by molar-refractivity contribution is -0.125. The lowest BCUT2D eigenvalue weighted by atomic mass is 10.1. The molecule has 1 fully saturated rings. The van der Waals surface area contributed by atoms with Gasteiger partial charge >= 0.3 is 0 Å². The fourth-order valence-corrected chi connectivity index (χ4v) is 4.71. The molecule has 1 amide bonds. The summed E-state index contributed by atoms with van der Waals surface area (Å²) >= 11 is 0. The van der Waals surface area contributed by atoms with Crippen LogP contribution in [0.1, 0.15) is 12.0 Å². The molecule has 3 rings (SSSR count). The van der Waals surface area contributed by atoms with Gasteiger partial charge in [0.25, 0.3) is 10.0 Å². The third-order valence-corrected chi connectivity index (χ3v) is 6.79. The number of sulfonamides is 1. The molecular weight excluding hydrogens is 424 g/mol.